The summed E-state index contributed by atoms with van der Waals surface area (Å²) in [7, 11) is 1.73. The molecule has 1 atom stereocenters. The van der Waals surface area contributed by atoms with Crippen molar-refractivity contribution in [1.29, 1.82) is 0 Å². The van der Waals surface area contributed by atoms with Crippen LogP contribution in [0.1, 0.15) is 6.92 Å². The van der Waals surface area contributed by atoms with Gasteiger partial charge in [-0.05, 0) is 29.5 Å². The smallest absolute Gasteiger partial charge is 0.237 e. The Balaban J connectivity index is 1.65. The van der Waals surface area contributed by atoms with Crippen molar-refractivity contribution in [2.24, 2.45) is 7.05 Å². The van der Waals surface area contributed by atoms with E-state index in [9.17, 15) is 4.79 Å². The summed E-state index contributed by atoms with van der Waals surface area (Å²) >= 11 is 1.29. The summed E-state index contributed by atoms with van der Waals surface area (Å²) in [4.78, 5) is 12.2. The van der Waals surface area contributed by atoms with E-state index in [-0.39, 0.29) is 11.2 Å². The number of benzene rings is 1. The molecule has 2 aromatic rings. The maximum Gasteiger partial charge on any atom is 0.237 e. The maximum atomic E-state index is 12.2. The number of thioether (sulfide) groups is 1. The van der Waals surface area contributed by atoms with Crippen molar-refractivity contribution in [1.82, 2.24) is 20.2 Å². The van der Waals surface area contributed by atoms with Crippen LogP contribution in [-0.2, 0) is 11.8 Å². The van der Waals surface area contributed by atoms with Gasteiger partial charge in [-0.15, -0.1) is 5.10 Å². The highest BCUT2D eigenvalue weighted by Crippen LogP contribution is 2.32. The number of ether oxygens (including phenoxy) is 2. The summed E-state index contributed by atoms with van der Waals surface area (Å²) in [6, 6.07) is 5.33. The number of amides is 1. The topological polar surface area (TPSA) is 91.2 Å². The highest BCUT2D eigenvalue weighted by atomic mass is 32.2. The molecule has 1 N–H and O–H groups in total. The highest BCUT2D eigenvalue weighted by molar-refractivity contribution is 8.00. The van der Waals surface area contributed by atoms with E-state index < -0.39 is 0 Å². The van der Waals surface area contributed by atoms with Gasteiger partial charge in [-0.2, -0.15) is 0 Å². The number of carbonyl (C=O) groups is 1. The summed E-state index contributed by atoms with van der Waals surface area (Å²) in [6.07, 6.45) is 0. The lowest BCUT2D eigenvalue weighted by atomic mass is 10.2. The lowest BCUT2D eigenvalue weighted by Crippen LogP contribution is -2.23. The second-order valence-corrected chi connectivity index (χ2v) is 6.00. The van der Waals surface area contributed by atoms with Gasteiger partial charge in [-0.1, -0.05) is 11.8 Å². The fraction of sp³-hybridized carbons (Fsp3) is 0.385. The summed E-state index contributed by atoms with van der Waals surface area (Å²) in [5.74, 6) is 1.20. The summed E-state index contributed by atoms with van der Waals surface area (Å²) in [5, 5.41) is 14.2. The quantitative estimate of drug-likeness (QED) is 0.843. The number of hydrogen-bond acceptors (Lipinski definition) is 7. The third kappa shape index (κ3) is 3.14. The number of aryl methyl sites for hydroxylation is 1. The normalized spacial score (nSPS) is 14.5. The van der Waals surface area contributed by atoms with Crippen molar-refractivity contribution in [2.75, 3.05) is 18.5 Å². The number of carbonyl (C=O) groups excluding carboxylic acids is 1. The monoisotopic (exact) mass is 321 g/mol. The van der Waals surface area contributed by atoms with Crippen molar-refractivity contribution < 1.29 is 14.3 Å². The Hall–Kier alpha value is -2.29. The number of fused-ring (bicyclic) bond motifs is 1. The highest BCUT2D eigenvalue weighted by Gasteiger charge is 2.19. The fourth-order valence-corrected chi connectivity index (χ4v) is 2.65. The van der Waals surface area contributed by atoms with Crippen LogP contribution in [0.15, 0.2) is 23.4 Å². The molecule has 1 aromatic heterocycles. The minimum atomic E-state index is -0.335. The van der Waals surface area contributed by atoms with Crippen molar-refractivity contribution in [3.63, 3.8) is 0 Å². The molecule has 1 aliphatic rings. The first kappa shape index (κ1) is 14.6. The molecular formula is C13H15N5O3S. The second-order valence-electron chi connectivity index (χ2n) is 4.69. The van der Waals surface area contributed by atoms with Gasteiger partial charge >= 0.3 is 0 Å². The van der Waals surface area contributed by atoms with Crippen molar-refractivity contribution >= 4 is 23.4 Å². The summed E-state index contributed by atoms with van der Waals surface area (Å²) in [5.41, 5.74) is 0.665. The van der Waals surface area contributed by atoms with Crippen LogP contribution in [0.5, 0.6) is 11.5 Å². The number of hydrogen-bond donors (Lipinski definition) is 1. The number of aromatic nitrogens is 4. The van der Waals surface area contributed by atoms with Gasteiger partial charge in [0.25, 0.3) is 0 Å². The molecule has 0 saturated heterocycles. The zero-order valence-electron chi connectivity index (χ0n) is 12.1. The number of nitrogens with one attached hydrogen (secondary N) is 1. The first-order valence-corrected chi connectivity index (χ1v) is 7.61. The number of nitrogens with zero attached hydrogens (tertiary/aromatic N) is 4. The largest absolute Gasteiger partial charge is 0.486 e. The molecule has 0 unspecified atom stereocenters. The average Bonchev–Trinajstić information content (AvgIpc) is 2.92. The molecule has 0 spiro atoms. The van der Waals surface area contributed by atoms with E-state index in [0.717, 1.165) is 0 Å². The third-order valence-corrected chi connectivity index (χ3v) is 4.17. The minimum Gasteiger partial charge on any atom is -0.486 e. The van der Waals surface area contributed by atoms with Crippen LogP contribution >= 0.6 is 11.8 Å². The lowest BCUT2D eigenvalue weighted by molar-refractivity contribution is -0.115. The van der Waals surface area contributed by atoms with Crippen molar-refractivity contribution in [3.05, 3.63) is 18.2 Å². The minimum absolute atomic E-state index is 0.135. The van der Waals surface area contributed by atoms with E-state index in [4.69, 9.17) is 9.47 Å². The molecule has 1 amide bonds. The molecular weight excluding hydrogens is 306 g/mol. The first-order chi connectivity index (χ1) is 10.6. The molecule has 1 aliphatic heterocycles. The molecule has 0 bridgehead atoms. The standard InChI is InChI=1S/C13H15N5O3S/c1-8(22-13-15-16-17-18(13)2)12(19)14-9-3-4-10-11(7-9)21-6-5-20-10/h3-4,7-8H,5-6H2,1-2H3,(H,14,19)/t8-/m1/s1. The molecule has 1 aromatic carbocycles. The molecule has 9 heteroatoms. The van der Waals surface area contributed by atoms with Crippen LogP contribution in [0.25, 0.3) is 0 Å². The molecule has 0 aliphatic carbocycles. The van der Waals surface area contributed by atoms with Crippen LogP contribution in [0.3, 0.4) is 0 Å². The van der Waals surface area contributed by atoms with E-state index >= 15 is 0 Å². The predicted octanol–water partition coefficient (Wildman–Crippen LogP) is 1.10. The van der Waals surface area contributed by atoms with Gasteiger partial charge in [0, 0.05) is 18.8 Å². The van der Waals surface area contributed by atoms with Crippen LogP contribution < -0.4 is 14.8 Å². The Bertz CT molecular complexity index is 690. The van der Waals surface area contributed by atoms with E-state index in [0.29, 0.717) is 35.6 Å². The van der Waals surface area contributed by atoms with Gasteiger partial charge in [-0.25, -0.2) is 4.68 Å². The van der Waals surface area contributed by atoms with Gasteiger partial charge < -0.3 is 14.8 Å². The predicted molar refractivity (Wildman–Crippen MR) is 80.2 cm³/mol. The summed E-state index contributed by atoms with van der Waals surface area (Å²) in [6.45, 7) is 2.85. The summed E-state index contributed by atoms with van der Waals surface area (Å²) < 4.78 is 12.5. The molecule has 22 heavy (non-hydrogen) atoms. The molecule has 0 radical (unpaired) electrons. The van der Waals surface area contributed by atoms with E-state index in [2.05, 4.69) is 20.8 Å². The number of rotatable bonds is 4. The molecule has 0 saturated carbocycles. The van der Waals surface area contributed by atoms with Crippen LogP contribution in [0.4, 0.5) is 5.69 Å². The average molecular weight is 321 g/mol. The van der Waals surface area contributed by atoms with Gasteiger partial charge in [0.2, 0.25) is 11.1 Å². The van der Waals surface area contributed by atoms with Crippen LogP contribution in [0, 0.1) is 0 Å². The van der Waals surface area contributed by atoms with Gasteiger partial charge in [0.1, 0.15) is 13.2 Å². The number of anilines is 1. The molecule has 0 fully saturated rings. The Morgan fingerprint density at radius 2 is 2.14 bits per heavy atom. The van der Waals surface area contributed by atoms with Crippen molar-refractivity contribution in [3.8, 4) is 11.5 Å². The van der Waals surface area contributed by atoms with Gasteiger partial charge in [0.15, 0.2) is 11.5 Å². The van der Waals surface area contributed by atoms with E-state index in [1.165, 1.54) is 16.4 Å². The van der Waals surface area contributed by atoms with Crippen molar-refractivity contribution in [2.45, 2.75) is 17.3 Å². The van der Waals surface area contributed by atoms with Crippen LogP contribution in [0.2, 0.25) is 0 Å². The number of tetrazole rings is 1. The first-order valence-electron chi connectivity index (χ1n) is 6.73. The SMILES string of the molecule is C[C@@H](Sc1nnnn1C)C(=O)Nc1ccc2c(c1)OCCO2. The zero-order chi connectivity index (χ0) is 15.5. The Labute approximate surface area is 131 Å². The molecule has 3 rings (SSSR count). The zero-order valence-corrected chi connectivity index (χ0v) is 13.0. The molecule has 116 valence electrons. The van der Waals surface area contributed by atoms with Gasteiger partial charge in [-0.3, -0.25) is 4.79 Å². The van der Waals surface area contributed by atoms with E-state index in [1.54, 1.807) is 32.2 Å². The van der Waals surface area contributed by atoms with E-state index in [1.807, 2.05) is 0 Å². The Morgan fingerprint density at radius 1 is 1.36 bits per heavy atom. The Morgan fingerprint density at radius 3 is 2.86 bits per heavy atom. The Kier molecular flexibility index (Phi) is 4.14. The second kappa shape index (κ2) is 6.22. The maximum absolute atomic E-state index is 12.2. The lowest BCUT2D eigenvalue weighted by Gasteiger charge is -2.19. The van der Waals surface area contributed by atoms with Crippen LogP contribution in [-0.4, -0.2) is 44.6 Å². The molecule has 2 heterocycles. The molecule has 8 nitrogen and oxygen atoms in total. The van der Waals surface area contributed by atoms with Gasteiger partial charge in [0.05, 0.1) is 5.25 Å². The fourth-order valence-electron chi connectivity index (χ4n) is 1.90. The third-order valence-electron chi connectivity index (χ3n) is 3.04.